The normalized spacial score (nSPS) is 13.4. The number of nitrogens with zero attached hydrogens (tertiary/aromatic N) is 2. The molecule has 0 aliphatic rings. The summed E-state index contributed by atoms with van der Waals surface area (Å²) in [6.07, 6.45) is 36.3. The molecule has 1 aromatic rings. The van der Waals surface area contributed by atoms with Crippen molar-refractivity contribution in [2.75, 3.05) is 0 Å². The number of hydrogen-bond acceptors (Lipinski definition) is 1. The maximum absolute atomic E-state index is 4.94. The Kier molecular flexibility index (Phi) is 20.8. The highest BCUT2D eigenvalue weighted by Gasteiger charge is 2.19. The van der Waals surface area contributed by atoms with Crippen LogP contribution in [0.5, 0.6) is 0 Å². The molecule has 1 heterocycles. The number of unbranched alkanes of at least 4 members (excludes halogenated alkanes) is 17. The summed E-state index contributed by atoms with van der Waals surface area (Å²) in [5.74, 6) is 2.06. The molecule has 2 atom stereocenters. The zero-order valence-corrected chi connectivity index (χ0v) is 24.0. The molecule has 2 unspecified atom stereocenters. The first kappa shape index (κ1) is 31.2. The van der Waals surface area contributed by atoms with Crippen LogP contribution < -0.4 is 0 Å². The largest absolute Gasteiger partial charge is 0.332 e. The van der Waals surface area contributed by atoms with Gasteiger partial charge in [0.15, 0.2) is 0 Å². The Morgan fingerprint density at radius 3 is 1.38 bits per heavy atom. The third-order valence-corrected chi connectivity index (χ3v) is 7.83. The number of imidazole rings is 1. The van der Waals surface area contributed by atoms with Crippen LogP contribution in [0.2, 0.25) is 0 Å². The fourth-order valence-corrected chi connectivity index (χ4v) is 5.47. The lowest BCUT2D eigenvalue weighted by molar-refractivity contribution is 0.412. The molecular formula is C32H62N2. The molecule has 0 bridgehead atoms. The van der Waals surface area contributed by atoms with E-state index in [1.807, 2.05) is 0 Å². The number of hydrogen-bond donors (Lipinski definition) is 0. The highest BCUT2D eigenvalue weighted by atomic mass is 15.1. The summed E-state index contributed by atoms with van der Waals surface area (Å²) < 4.78 is 2.55. The molecular weight excluding hydrogens is 412 g/mol. The first-order chi connectivity index (χ1) is 16.7. The molecule has 0 aliphatic carbocycles. The second kappa shape index (κ2) is 22.7. The van der Waals surface area contributed by atoms with E-state index in [2.05, 4.69) is 44.7 Å². The van der Waals surface area contributed by atoms with Gasteiger partial charge in [-0.2, -0.15) is 0 Å². The molecule has 0 saturated carbocycles. The predicted molar refractivity (Wildman–Crippen MR) is 153 cm³/mol. The Morgan fingerprint density at radius 1 is 0.559 bits per heavy atom. The van der Waals surface area contributed by atoms with Gasteiger partial charge in [0.2, 0.25) is 0 Å². The van der Waals surface area contributed by atoms with Crippen LogP contribution >= 0.6 is 0 Å². The van der Waals surface area contributed by atoms with Crippen molar-refractivity contribution < 1.29 is 0 Å². The van der Waals surface area contributed by atoms with Gasteiger partial charge in [0.1, 0.15) is 5.82 Å². The molecule has 34 heavy (non-hydrogen) atoms. The van der Waals surface area contributed by atoms with Gasteiger partial charge in [-0.3, -0.25) is 0 Å². The van der Waals surface area contributed by atoms with Crippen LogP contribution in [0.4, 0.5) is 0 Å². The monoisotopic (exact) mass is 474 g/mol. The Hall–Kier alpha value is -0.790. The minimum Gasteiger partial charge on any atom is -0.332 e. The maximum Gasteiger partial charge on any atom is 0.111 e. The van der Waals surface area contributed by atoms with Gasteiger partial charge < -0.3 is 4.57 Å². The van der Waals surface area contributed by atoms with E-state index in [4.69, 9.17) is 4.98 Å². The van der Waals surface area contributed by atoms with E-state index in [-0.39, 0.29) is 0 Å². The van der Waals surface area contributed by atoms with Crippen LogP contribution in [-0.4, -0.2) is 9.55 Å². The first-order valence-electron chi connectivity index (χ1n) is 15.8. The van der Waals surface area contributed by atoms with Crippen LogP contribution in [0.25, 0.3) is 0 Å². The van der Waals surface area contributed by atoms with Crippen molar-refractivity contribution in [3.8, 4) is 0 Å². The average molecular weight is 475 g/mol. The Labute approximate surface area is 215 Å². The summed E-state index contributed by atoms with van der Waals surface area (Å²) in [5, 5.41) is 0. The quantitative estimate of drug-likeness (QED) is 0.129. The molecule has 0 spiro atoms. The smallest absolute Gasteiger partial charge is 0.111 e. The highest BCUT2D eigenvalue weighted by Crippen LogP contribution is 2.30. The van der Waals surface area contributed by atoms with Crippen molar-refractivity contribution in [3.63, 3.8) is 0 Å². The first-order valence-corrected chi connectivity index (χ1v) is 15.8. The van der Waals surface area contributed by atoms with Crippen molar-refractivity contribution in [2.45, 2.75) is 187 Å². The zero-order chi connectivity index (χ0) is 24.7. The van der Waals surface area contributed by atoms with Crippen LogP contribution in [-0.2, 0) is 0 Å². The van der Waals surface area contributed by atoms with Crippen LogP contribution in [0.3, 0.4) is 0 Å². The summed E-state index contributed by atoms with van der Waals surface area (Å²) in [5.41, 5.74) is 0. The van der Waals surface area contributed by atoms with Crippen molar-refractivity contribution in [2.24, 2.45) is 0 Å². The lowest BCUT2D eigenvalue weighted by Gasteiger charge is -2.22. The standard InChI is InChI=1S/C32H62N2/c1-5-8-11-14-16-18-20-22-25-30(4)34-29-28-33-32(34)31(26-23-19-13-10-7-3)27-24-21-17-15-12-9-6-2/h28-31H,5-27H2,1-4H3. The lowest BCUT2D eigenvalue weighted by atomic mass is 9.93. The number of aromatic nitrogens is 2. The van der Waals surface area contributed by atoms with Crippen LogP contribution in [0, 0.1) is 0 Å². The predicted octanol–water partition coefficient (Wildman–Crippen LogP) is 11.6. The van der Waals surface area contributed by atoms with Gasteiger partial charge >= 0.3 is 0 Å². The van der Waals surface area contributed by atoms with Gasteiger partial charge in [0, 0.05) is 24.4 Å². The molecule has 2 heteroatoms. The van der Waals surface area contributed by atoms with Crippen molar-refractivity contribution in [1.29, 1.82) is 0 Å². The minimum absolute atomic E-state index is 0.592. The minimum atomic E-state index is 0.592. The molecule has 0 radical (unpaired) electrons. The van der Waals surface area contributed by atoms with Gasteiger partial charge in [-0.1, -0.05) is 149 Å². The summed E-state index contributed by atoms with van der Waals surface area (Å²) in [6.45, 7) is 9.35. The van der Waals surface area contributed by atoms with Gasteiger partial charge in [0.25, 0.3) is 0 Å². The average Bonchev–Trinajstić information content (AvgIpc) is 3.33. The Balaban J connectivity index is 2.48. The molecule has 1 aromatic heterocycles. The van der Waals surface area contributed by atoms with Crippen LogP contribution in [0.15, 0.2) is 12.4 Å². The summed E-state index contributed by atoms with van der Waals surface area (Å²) in [4.78, 5) is 4.94. The van der Waals surface area contributed by atoms with Crippen molar-refractivity contribution in [3.05, 3.63) is 18.2 Å². The fourth-order valence-electron chi connectivity index (χ4n) is 5.47. The van der Waals surface area contributed by atoms with Crippen molar-refractivity contribution >= 4 is 0 Å². The molecule has 0 aliphatic heterocycles. The highest BCUT2D eigenvalue weighted by molar-refractivity contribution is 5.02. The molecule has 1 rings (SSSR count). The Morgan fingerprint density at radius 2 is 0.941 bits per heavy atom. The van der Waals surface area contributed by atoms with Crippen molar-refractivity contribution in [1.82, 2.24) is 9.55 Å². The third kappa shape index (κ3) is 15.3. The third-order valence-electron chi connectivity index (χ3n) is 7.83. The summed E-state index contributed by atoms with van der Waals surface area (Å²) in [7, 11) is 0. The second-order valence-electron chi connectivity index (χ2n) is 11.1. The molecule has 2 nitrogen and oxygen atoms in total. The SMILES string of the molecule is CCCCCCCCCCC(C)n1ccnc1C(CCCCCCC)CCCCCCCCC. The molecule has 0 N–H and O–H groups in total. The topological polar surface area (TPSA) is 17.8 Å². The van der Waals surface area contributed by atoms with E-state index in [1.54, 1.807) is 0 Å². The molecule has 0 amide bonds. The summed E-state index contributed by atoms with van der Waals surface area (Å²) >= 11 is 0. The van der Waals surface area contributed by atoms with E-state index >= 15 is 0 Å². The fraction of sp³-hybridized carbons (Fsp3) is 0.906. The van der Waals surface area contributed by atoms with E-state index in [0.29, 0.717) is 12.0 Å². The molecule has 200 valence electrons. The molecule has 0 aromatic carbocycles. The Bertz CT molecular complexity index is 535. The van der Waals surface area contributed by atoms with Gasteiger partial charge in [-0.05, 0) is 26.2 Å². The lowest BCUT2D eigenvalue weighted by Crippen LogP contribution is -2.13. The second-order valence-corrected chi connectivity index (χ2v) is 11.1. The maximum atomic E-state index is 4.94. The molecule has 0 saturated heterocycles. The van der Waals surface area contributed by atoms with E-state index in [1.165, 1.54) is 154 Å². The van der Waals surface area contributed by atoms with E-state index in [0.717, 1.165) is 0 Å². The van der Waals surface area contributed by atoms with E-state index in [9.17, 15) is 0 Å². The summed E-state index contributed by atoms with van der Waals surface area (Å²) in [6, 6.07) is 0.592. The number of rotatable bonds is 25. The van der Waals surface area contributed by atoms with Crippen LogP contribution in [0.1, 0.15) is 193 Å². The molecule has 0 fully saturated rings. The van der Waals surface area contributed by atoms with E-state index < -0.39 is 0 Å². The zero-order valence-electron chi connectivity index (χ0n) is 24.0. The van der Waals surface area contributed by atoms with Gasteiger partial charge in [0.05, 0.1) is 0 Å². The van der Waals surface area contributed by atoms with Gasteiger partial charge in [-0.15, -0.1) is 0 Å². The van der Waals surface area contributed by atoms with Gasteiger partial charge in [-0.25, -0.2) is 4.98 Å².